The van der Waals surface area contributed by atoms with Gasteiger partial charge in [0.15, 0.2) is 5.82 Å². The normalized spacial score (nSPS) is 24.2. The Balaban J connectivity index is 1.56. The van der Waals surface area contributed by atoms with Crippen LogP contribution in [0.1, 0.15) is 11.7 Å². The summed E-state index contributed by atoms with van der Waals surface area (Å²) in [5, 5.41) is 3.79. The van der Waals surface area contributed by atoms with Gasteiger partial charge in [0, 0.05) is 37.7 Å². The standard InChI is InChI=1S/C13H20N4O3S/c1-10-14-12(20-15-10)9-16-2-5-19-11(8-16)13(18)17-3-6-21-7-4-17/h11H,2-9H2,1H3. The van der Waals surface area contributed by atoms with Crippen molar-refractivity contribution in [2.24, 2.45) is 0 Å². The fourth-order valence-electron chi connectivity index (χ4n) is 2.58. The second-order valence-electron chi connectivity index (χ2n) is 5.27. The van der Waals surface area contributed by atoms with Gasteiger partial charge in [-0.25, -0.2) is 0 Å². The van der Waals surface area contributed by atoms with E-state index in [1.54, 1.807) is 6.92 Å². The molecule has 1 unspecified atom stereocenters. The Hall–Kier alpha value is -1.12. The molecule has 2 saturated heterocycles. The van der Waals surface area contributed by atoms with E-state index in [0.717, 1.165) is 31.1 Å². The minimum atomic E-state index is -0.370. The summed E-state index contributed by atoms with van der Waals surface area (Å²) in [5.74, 6) is 3.38. The molecule has 3 heterocycles. The number of carbonyl (C=O) groups excluding carboxylic acids is 1. The highest BCUT2D eigenvalue weighted by Gasteiger charge is 2.31. The van der Waals surface area contributed by atoms with Crippen LogP contribution in [0.3, 0.4) is 0 Å². The summed E-state index contributed by atoms with van der Waals surface area (Å²) in [6, 6.07) is 0. The molecule has 0 aliphatic carbocycles. The average molecular weight is 312 g/mol. The number of thioether (sulfide) groups is 1. The predicted molar refractivity (Wildman–Crippen MR) is 78.0 cm³/mol. The van der Waals surface area contributed by atoms with E-state index < -0.39 is 0 Å². The minimum Gasteiger partial charge on any atom is -0.366 e. The summed E-state index contributed by atoms with van der Waals surface area (Å²) in [7, 11) is 0. The van der Waals surface area contributed by atoms with Crippen LogP contribution in [0.4, 0.5) is 0 Å². The van der Waals surface area contributed by atoms with Gasteiger partial charge in [0.1, 0.15) is 6.10 Å². The molecule has 1 aromatic heterocycles. The third-order valence-corrected chi connectivity index (χ3v) is 4.62. The smallest absolute Gasteiger partial charge is 0.253 e. The number of aromatic nitrogens is 2. The van der Waals surface area contributed by atoms with Gasteiger partial charge in [-0.3, -0.25) is 9.69 Å². The maximum atomic E-state index is 12.5. The molecule has 1 aromatic rings. The van der Waals surface area contributed by atoms with Crippen molar-refractivity contribution in [3.63, 3.8) is 0 Å². The second-order valence-corrected chi connectivity index (χ2v) is 6.49. The number of rotatable bonds is 3. The van der Waals surface area contributed by atoms with Crippen LogP contribution >= 0.6 is 11.8 Å². The van der Waals surface area contributed by atoms with Crippen LogP contribution in [0.2, 0.25) is 0 Å². The van der Waals surface area contributed by atoms with Gasteiger partial charge in [-0.05, 0) is 6.92 Å². The van der Waals surface area contributed by atoms with Crippen molar-refractivity contribution in [2.45, 2.75) is 19.6 Å². The van der Waals surface area contributed by atoms with Crippen molar-refractivity contribution in [3.05, 3.63) is 11.7 Å². The van der Waals surface area contributed by atoms with Crippen LogP contribution in [-0.2, 0) is 16.1 Å². The van der Waals surface area contributed by atoms with Crippen molar-refractivity contribution in [1.29, 1.82) is 0 Å². The number of aryl methyl sites for hydroxylation is 1. The van der Waals surface area contributed by atoms with Gasteiger partial charge in [0.2, 0.25) is 5.89 Å². The molecule has 7 nitrogen and oxygen atoms in total. The fraction of sp³-hybridized carbons (Fsp3) is 0.769. The van der Waals surface area contributed by atoms with E-state index in [1.165, 1.54) is 0 Å². The molecule has 116 valence electrons. The summed E-state index contributed by atoms with van der Waals surface area (Å²) in [5.41, 5.74) is 0. The third-order valence-electron chi connectivity index (χ3n) is 3.68. The van der Waals surface area contributed by atoms with Crippen LogP contribution < -0.4 is 0 Å². The van der Waals surface area contributed by atoms with E-state index in [4.69, 9.17) is 9.26 Å². The van der Waals surface area contributed by atoms with Gasteiger partial charge in [0.25, 0.3) is 5.91 Å². The number of hydrogen-bond acceptors (Lipinski definition) is 7. The van der Waals surface area contributed by atoms with Gasteiger partial charge in [-0.1, -0.05) is 5.16 Å². The summed E-state index contributed by atoms with van der Waals surface area (Å²) >= 11 is 1.89. The van der Waals surface area contributed by atoms with E-state index in [9.17, 15) is 4.79 Å². The van der Waals surface area contributed by atoms with Gasteiger partial charge >= 0.3 is 0 Å². The first-order valence-corrected chi connectivity index (χ1v) is 8.37. The third kappa shape index (κ3) is 3.75. The fourth-order valence-corrected chi connectivity index (χ4v) is 3.48. The number of amides is 1. The van der Waals surface area contributed by atoms with Crippen LogP contribution in [-0.4, -0.2) is 76.2 Å². The number of hydrogen-bond donors (Lipinski definition) is 0. The second kappa shape index (κ2) is 6.76. The number of ether oxygens (including phenoxy) is 1. The molecule has 2 aliphatic rings. The molecule has 2 aliphatic heterocycles. The lowest BCUT2D eigenvalue weighted by Crippen LogP contribution is -2.52. The van der Waals surface area contributed by atoms with Crippen molar-refractivity contribution >= 4 is 17.7 Å². The Kier molecular flexibility index (Phi) is 4.77. The Bertz CT molecular complexity index is 490. The summed E-state index contributed by atoms with van der Waals surface area (Å²) < 4.78 is 10.8. The molecule has 1 amide bonds. The number of carbonyl (C=O) groups is 1. The highest BCUT2D eigenvalue weighted by Crippen LogP contribution is 2.15. The van der Waals surface area contributed by atoms with Crippen molar-refractivity contribution in [3.8, 4) is 0 Å². The zero-order chi connectivity index (χ0) is 14.7. The lowest BCUT2D eigenvalue weighted by Gasteiger charge is -2.35. The Morgan fingerprint density at radius 2 is 2.19 bits per heavy atom. The minimum absolute atomic E-state index is 0.113. The number of morpholine rings is 1. The van der Waals surface area contributed by atoms with Crippen molar-refractivity contribution in [1.82, 2.24) is 19.9 Å². The van der Waals surface area contributed by atoms with Gasteiger partial charge in [0.05, 0.1) is 13.2 Å². The van der Waals surface area contributed by atoms with Crippen LogP contribution in [0.5, 0.6) is 0 Å². The molecule has 8 heteroatoms. The SMILES string of the molecule is Cc1noc(CN2CCOC(C(=O)N3CCSCC3)C2)n1. The first-order valence-electron chi connectivity index (χ1n) is 7.22. The van der Waals surface area contributed by atoms with E-state index in [0.29, 0.717) is 31.4 Å². The highest BCUT2D eigenvalue weighted by molar-refractivity contribution is 7.99. The molecular formula is C13H20N4O3S. The molecule has 0 bridgehead atoms. The molecule has 0 aromatic carbocycles. The van der Waals surface area contributed by atoms with Gasteiger partial charge < -0.3 is 14.2 Å². The molecule has 0 saturated carbocycles. The molecule has 0 radical (unpaired) electrons. The van der Waals surface area contributed by atoms with E-state index >= 15 is 0 Å². The maximum absolute atomic E-state index is 12.5. The van der Waals surface area contributed by atoms with Gasteiger partial charge in [-0.2, -0.15) is 16.7 Å². The van der Waals surface area contributed by atoms with E-state index in [2.05, 4.69) is 15.0 Å². The molecule has 3 rings (SSSR count). The quantitative estimate of drug-likeness (QED) is 0.787. The van der Waals surface area contributed by atoms with Crippen molar-refractivity contribution < 1.29 is 14.1 Å². The first-order chi connectivity index (χ1) is 10.2. The zero-order valence-electron chi connectivity index (χ0n) is 12.2. The highest BCUT2D eigenvalue weighted by atomic mass is 32.2. The molecule has 0 N–H and O–H groups in total. The predicted octanol–water partition coefficient (Wildman–Crippen LogP) is 0.154. The summed E-state index contributed by atoms with van der Waals surface area (Å²) in [6.45, 7) is 5.95. The lowest BCUT2D eigenvalue weighted by atomic mass is 10.2. The van der Waals surface area contributed by atoms with E-state index in [-0.39, 0.29) is 12.0 Å². The monoisotopic (exact) mass is 312 g/mol. The van der Waals surface area contributed by atoms with Crippen LogP contribution in [0, 0.1) is 6.92 Å². The largest absolute Gasteiger partial charge is 0.366 e. The maximum Gasteiger partial charge on any atom is 0.253 e. The lowest BCUT2D eigenvalue weighted by molar-refractivity contribution is -0.149. The average Bonchev–Trinajstić information content (AvgIpc) is 2.93. The molecule has 1 atom stereocenters. The zero-order valence-corrected chi connectivity index (χ0v) is 13.0. The Labute approximate surface area is 128 Å². The summed E-state index contributed by atoms with van der Waals surface area (Å²) in [4.78, 5) is 20.7. The Morgan fingerprint density at radius 1 is 1.38 bits per heavy atom. The topological polar surface area (TPSA) is 71.7 Å². The Morgan fingerprint density at radius 3 is 2.90 bits per heavy atom. The molecule has 21 heavy (non-hydrogen) atoms. The molecule has 2 fully saturated rings. The molecule has 0 spiro atoms. The molecular weight excluding hydrogens is 292 g/mol. The van der Waals surface area contributed by atoms with Crippen LogP contribution in [0.15, 0.2) is 4.52 Å². The van der Waals surface area contributed by atoms with Gasteiger partial charge in [-0.15, -0.1) is 0 Å². The number of nitrogens with zero attached hydrogens (tertiary/aromatic N) is 4. The first kappa shape index (κ1) is 14.8. The van der Waals surface area contributed by atoms with Crippen molar-refractivity contribution in [2.75, 3.05) is 44.3 Å². The van der Waals surface area contributed by atoms with E-state index in [1.807, 2.05) is 16.7 Å². The summed E-state index contributed by atoms with van der Waals surface area (Å²) in [6.07, 6.45) is -0.370. The van der Waals surface area contributed by atoms with Crippen LogP contribution in [0.25, 0.3) is 0 Å².